The van der Waals surface area contributed by atoms with Gasteiger partial charge in [-0.1, -0.05) is 11.6 Å². The second-order valence-electron chi connectivity index (χ2n) is 3.13. The van der Waals surface area contributed by atoms with Crippen molar-refractivity contribution in [2.75, 3.05) is 7.05 Å². The van der Waals surface area contributed by atoms with Gasteiger partial charge in [-0.2, -0.15) is 5.26 Å². The summed E-state index contributed by atoms with van der Waals surface area (Å²) in [6.45, 7) is 1.97. The van der Waals surface area contributed by atoms with Gasteiger partial charge in [-0.3, -0.25) is 9.72 Å². The van der Waals surface area contributed by atoms with Gasteiger partial charge in [0.1, 0.15) is 6.04 Å². The number of hydrogen-bond donors (Lipinski definition) is 1. The Kier molecular flexibility index (Phi) is 2.65. The monoisotopic (exact) mass is 240 g/mol. The van der Waals surface area contributed by atoms with E-state index >= 15 is 0 Å². The second kappa shape index (κ2) is 3.81. The van der Waals surface area contributed by atoms with Crippen LogP contribution < -0.4 is 5.32 Å². The van der Waals surface area contributed by atoms with Crippen molar-refractivity contribution in [3.63, 3.8) is 0 Å². The third-order valence-corrected chi connectivity index (χ3v) is 3.44. The number of aromatic nitrogens is 2. The lowest BCUT2D eigenvalue weighted by Crippen LogP contribution is -2.16. The fourth-order valence-corrected chi connectivity index (χ4v) is 2.70. The Labute approximate surface area is 96.1 Å². The summed E-state index contributed by atoms with van der Waals surface area (Å²) in [7, 11) is 1.73. The molecule has 6 heteroatoms. The van der Waals surface area contributed by atoms with E-state index in [0.29, 0.717) is 5.15 Å². The molecule has 78 valence electrons. The van der Waals surface area contributed by atoms with E-state index in [4.69, 9.17) is 16.9 Å². The maximum Gasteiger partial charge on any atom is 0.195 e. The molecule has 0 saturated carbocycles. The van der Waals surface area contributed by atoms with Gasteiger partial charge in [0.05, 0.1) is 11.8 Å². The Bertz CT molecular complexity index is 536. The average Bonchev–Trinajstić information content (AvgIpc) is 2.71. The standard InChI is InChI=1S/C9H9ClN4S/c1-5-4-15-9-13-8(10)7(14(5)9)6(3-11)12-2/h4,6,12H,1-2H3. The minimum atomic E-state index is -0.430. The molecule has 2 heterocycles. The van der Waals surface area contributed by atoms with Crippen molar-refractivity contribution < 1.29 is 0 Å². The smallest absolute Gasteiger partial charge is 0.195 e. The number of imidazole rings is 1. The largest absolute Gasteiger partial charge is 0.300 e. The van der Waals surface area contributed by atoms with E-state index < -0.39 is 6.04 Å². The first-order valence-corrected chi connectivity index (χ1v) is 5.63. The highest BCUT2D eigenvalue weighted by Gasteiger charge is 2.20. The van der Waals surface area contributed by atoms with Crippen LogP contribution in [0.3, 0.4) is 0 Å². The van der Waals surface area contributed by atoms with Crippen molar-refractivity contribution in [3.05, 3.63) is 21.9 Å². The van der Waals surface area contributed by atoms with E-state index in [1.807, 2.05) is 16.7 Å². The maximum atomic E-state index is 9.00. The molecular formula is C9H9ClN4S. The van der Waals surface area contributed by atoms with Gasteiger partial charge in [-0.25, -0.2) is 4.98 Å². The van der Waals surface area contributed by atoms with Crippen LogP contribution >= 0.6 is 22.9 Å². The molecule has 0 bridgehead atoms. The third kappa shape index (κ3) is 1.51. The Balaban J connectivity index is 2.72. The highest BCUT2D eigenvalue weighted by Crippen LogP contribution is 2.28. The predicted octanol–water partition coefficient (Wildman–Crippen LogP) is 2.14. The van der Waals surface area contributed by atoms with E-state index in [1.54, 1.807) is 7.05 Å². The summed E-state index contributed by atoms with van der Waals surface area (Å²) in [5.74, 6) is 0. The minimum absolute atomic E-state index is 0.394. The number of rotatable bonds is 2. The summed E-state index contributed by atoms with van der Waals surface area (Å²) >= 11 is 7.53. The summed E-state index contributed by atoms with van der Waals surface area (Å²) < 4.78 is 1.91. The summed E-state index contributed by atoms with van der Waals surface area (Å²) in [4.78, 5) is 5.03. The van der Waals surface area contributed by atoms with Gasteiger partial charge in [-0.05, 0) is 14.0 Å². The molecule has 0 fully saturated rings. The number of thiazole rings is 1. The lowest BCUT2D eigenvalue weighted by molar-refractivity contribution is 0.696. The van der Waals surface area contributed by atoms with Crippen molar-refractivity contribution in [2.45, 2.75) is 13.0 Å². The predicted molar refractivity (Wildman–Crippen MR) is 60.2 cm³/mol. The Morgan fingerprint density at radius 2 is 2.47 bits per heavy atom. The van der Waals surface area contributed by atoms with Crippen LogP contribution in [0.15, 0.2) is 5.38 Å². The van der Waals surface area contributed by atoms with Crippen molar-refractivity contribution in [1.29, 1.82) is 5.26 Å². The number of nitriles is 1. The Morgan fingerprint density at radius 3 is 3.07 bits per heavy atom. The molecule has 0 aromatic carbocycles. The van der Waals surface area contributed by atoms with E-state index in [9.17, 15) is 0 Å². The fourth-order valence-electron chi connectivity index (χ4n) is 1.51. The SMILES string of the molecule is CNC(C#N)c1c(Cl)nc2scc(C)n12. The lowest BCUT2D eigenvalue weighted by atomic mass is 10.2. The van der Waals surface area contributed by atoms with Crippen LogP contribution in [0.2, 0.25) is 5.15 Å². The summed E-state index contributed by atoms with van der Waals surface area (Å²) in [6.07, 6.45) is 0. The van der Waals surface area contributed by atoms with Crippen LogP contribution in [-0.4, -0.2) is 16.4 Å². The van der Waals surface area contributed by atoms with Crippen LogP contribution in [0, 0.1) is 18.3 Å². The highest BCUT2D eigenvalue weighted by molar-refractivity contribution is 7.15. The molecular weight excluding hydrogens is 232 g/mol. The molecule has 1 atom stereocenters. The number of nitrogens with one attached hydrogen (secondary N) is 1. The zero-order valence-corrected chi connectivity index (χ0v) is 9.85. The van der Waals surface area contributed by atoms with Gasteiger partial charge in [-0.15, -0.1) is 11.3 Å². The Hall–Kier alpha value is -1.09. The number of halogens is 1. The second-order valence-corrected chi connectivity index (χ2v) is 4.33. The van der Waals surface area contributed by atoms with Gasteiger partial charge in [0, 0.05) is 11.1 Å². The molecule has 2 aromatic heterocycles. The molecule has 0 aliphatic rings. The first kappa shape index (κ1) is 10.4. The highest BCUT2D eigenvalue weighted by atomic mass is 35.5. The molecule has 2 aromatic rings. The first-order chi connectivity index (χ1) is 7.19. The molecule has 0 saturated heterocycles. The van der Waals surface area contributed by atoms with E-state index in [-0.39, 0.29) is 0 Å². The Morgan fingerprint density at radius 1 is 1.73 bits per heavy atom. The van der Waals surface area contributed by atoms with Crippen molar-refractivity contribution in [2.24, 2.45) is 0 Å². The van der Waals surface area contributed by atoms with E-state index in [2.05, 4.69) is 16.4 Å². The summed E-state index contributed by atoms with van der Waals surface area (Å²) in [5, 5.41) is 14.3. The van der Waals surface area contributed by atoms with Gasteiger partial charge in [0.25, 0.3) is 0 Å². The van der Waals surface area contributed by atoms with Crippen LogP contribution in [0.1, 0.15) is 17.4 Å². The minimum Gasteiger partial charge on any atom is -0.300 e. The summed E-state index contributed by atoms with van der Waals surface area (Å²) in [5.41, 5.74) is 1.76. The van der Waals surface area contributed by atoms with E-state index in [1.165, 1.54) is 11.3 Å². The molecule has 0 radical (unpaired) electrons. The van der Waals surface area contributed by atoms with Crippen LogP contribution in [0.5, 0.6) is 0 Å². The van der Waals surface area contributed by atoms with Crippen molar-refractivity contribution >= 4 is 27.9 Å². The van der Waals surface area contributed by atoms with Crippen molar-refractivity contribution in [3.8, 4) is 6.07 Å². The lowest BCUT2D eigenvalue weighted by Gasteiger charge is -2.07. The van der Waals surface area contributed by atoms with Gasteiger partial charge in [0.2, 0.25) is 0 Å². The van der Waals surface area contributed by atoms with Gasteiger partial charge in [0.15, 0.2) is 10.1 Å². The van der Waals surface area contributed by atoms with Crippen LogP contribution in [-0.2, 0) is 0 Å². The van der Waals surface area contributed by atoms with Crippen LogP contribution in [0.25, 0.3) is 4.96 Å². The zero-order valence-electron chi connectivity index (χ0n) is 8.28. The normalized spacial score (nSPS) is 12.9. The molecule has 4 nitrogen and oxygen atoms in total. The molecule has 0 aliphatic heterocycles. The topological polar surface area (TPSA) is 53.1 Å². The molecule has 0 amide bonds. The first-order valence-electron chi connectivity index (χ1n) is 4.38. The number of aryl methyl sites for hydroxylation is 1. The third-order valence-electron chi connectivity index (χ3n) is 2.22. The van der Waals surface area contributed by atoms with Crippen molar-refractivity contribution in [1.82, 2.24) is 14.7 Å². The molecule has 1 N–H and O–H groups in total. The molecule has 0 spiro atoms. The van der Waals surface area contributed by atoms with Gasteiger partial charge < -0.3 is 0 Å². The summed E-state index contributed by atoms with van der Waals surface area (Å²) in [6, 6.07) is 1.72. The fraction of sp³-hybridized carbons (Fsp3) is 0.333. The zero-order chi connectivity index (χ0) is 11.0. The molecule has 2 rings (SSSR count). The number of hydrogen-bond acceptors (Lipinski definition) is 4. The molecule has 15 heavy (non-hydrogen) atoms. The van der Waals surface area contributed by atoms with Crippen LogP contribution in [0.4, 0.5) is 0 Å². The van der Waals surface area contributed by atoms with Gasteiger partial charge >= 0.3 is 0 Å². The maximum absolute atomic E-state index is 9.00. The van der Waals surface area contributed by atoms with E-state index in [0.717, 1.165) is 16.3 Å². The quantitative estimate of drug-likeness (QED) is 0.875. The number of fused-ring (bicyclic) bond motifs is 1. The average molecular weight is 241 g/mol. The molecule has 0 aliphatic carbocycles. The number of nitrogens with zero attached hydrogens (tertiary/aromatic N) is 3. The molecule has 1 unspecified atom stereocenters.